The lowest BCUT2D eigenvalue weighted by atomic mass is 10.0. The zero-order valence-corrected chi connectivity index (χ0v) is 27.5. The molecule has 0 unspecified atom stereocenters. The number of thiophene rings is 1. The lowest BCUT2D eigenvalue weighted by molar-refractivity contribution is 1.08. The minimum absolute atomic E-state index is 0.653. The largest absolute Gasteiger partial charge is 0.308 e. The van der Waals surface area contributed by atoms with Crippen LogP contribution in [0.5, 0.6) is 0 Å². The smallest absolute Gasteiger partial charge is 0.164 e. The van der Waals surface area contributed by atoms with Crippen molar-refractivity contribution >= 4 is 69.6 Å². The van der Waals surface area contributed by atoms with Crippen molar-refractivity contribution in [1.29, 1.82) is 0 Å². The van der Waals surface area contributed by atoms with E-state index in [0.29, 0.717) is 17.5 Å². The van der Waals surface area contributed by atoms with Gasteiger partial charge in [0, 0.05) is 58.4 Å². The molecule has 50 heavy (non-hydrogen) atoms. The first kappa shape index (κ1) is 27.5. The molecule has 11 rings (SSSR count). The third-order valence-electron chi connectivity index (χ3n) is 9.98. The summed E-state index contributed by atoms with van der Waals surface area (Å²) in [6.45, 7) is 0. The van der Waals surface area contributed by atoms with Crippen LogP contribution in [0.15, 0.2) is 158 Å². The highest BCUT2D eigenvalue weighted by atomic mass is 32.1. The Bertz CT molecular complexity index is 3090. The van der Waals surface area contributed by atoms with E-state index < -0.39 is 0 Å². The van der Waals surface area contributed by atoms with Gasteiger partial charge in [-0.05, 0) is 41.5 Å². The number of hydrogen-bond donors (Lipinski definition) is 0. The lowest BCUT2D eigenvalue weighted by Crippen LogP contribution is -2.00. The quantitative estimate of drug-likeness (QED) is 0.190. The summed E-state index contributed by atoms with van der Waals surface area (Å²) in [4.78, 5) is 15.4. The average molecular weight is 655 g/mol. The van der Waals surface area contributed by atoms with Crippen molar-refractivity contribution < 1.29 is 0 Å². The number of benzene rings is 7. The second-order valence-corrected chi connectivity index (χ2v) is 13.9. The zero-order chi connectivity index (χ0) is 32.8. The molecule has 0 spiro atoms. The Morgan fingerprint density at radius 1 is 0.380 bits per heavy atom. The molecule has 0 aliphatic rings. The van der Waals surface area contributed by atoms with Crippen molar-refractivity contribution in [3.8, 4) is 45.3 Å². The maximum Gasteiger partial charge on any atom is 0.164 e. The summed E-state index contributed by atoms with van der Waals surface area (Å²) in [6, 6.07) is 55.8. The fourth-order valence-corrected chi connectivity index (χ4v) is 8.90. The maximum atomic E-state index is 5.22. The molecule has 0 N–H and O–H groups in total. The molecule has 5 heteroatoms. The summed E-state index contributed by atoms with van der Waals surface area (Å²) < 4.78 is 4.92. The molecule has 0 bridgehead atoms. The molecule has 0 saturated carbocycles. The molecule has 0 aliphatic heterocycles. The fraction of sp³-hybridized carbons (Fsp3) is 0. The van der Waals surface area contributed by atoms with Crippen LogP contribution >= 0.6 is 11.3 Å². The minimum atomic E-state index is 0.653. The van der Waals surface area contributed by atoms with E-state index in [2.05, 4.69) is 138 Å². The lowest BCUT2D eigenvalue weighted by Gasteiger charge is -2.10. The molecule has 11 aromatic rings. The van der Waals surface area contributed by atoms with Gasteiger partial charge >= 0.3 is 0 Å². The molecular weight excluding hydrogens is 629 g/mol. The minimum Gasteiger partial charge on any atom is -0.308 e. The first-order valence-corrected chi connectivity index (χ1v) is 17.6. The van der Waals surface area contributed by atoms with E-state index >= 15 is 0 Å². The van der Waals surface area contributed by atoms with Crippen LogP contribution in [0.25, 0.3) is 104 Å². The molecule has 4 aromatic heterocycles. The van der Waals surface area contributed by atoms with E-state index in [1.165, 1.54) is 58.3 Å². The highest BCUT2D eigenvalue weighted by molar-refractivity contribution is 7.26. The third kappa shape index (κ3) is 4.01. The molecule has 0 saturated heterocycles. The second kappa shape index (κ2) is 10.5. The van der Waals surface area contributed by atoms with Crippen LogP contribution in [0, 0.1) is 0 Å². The van der Waals surface area contributed by atoms with E-state index in [0.717, 1.165) is 27.8 Å². The van der Waals surface area contributed by atoms with Crippen LogP contribution in [0.1, 0.15) is 0 Å². The SMILES string of the molecule is c1ccc(-c2cccc(-c3nc(-c4ccccc4)nc(-c4cccc5sc6cc7c8cccc9c%10ccccc%10n(c7cc6c45)c98)n3)c2)cc1. The maximum absolute atomic E-state index is 5.22. The van der Waals surface area contributed by atoms with Crippen molar-refractivity contribution in [1.82, 2.24) is 19.4 Å². The first-order chi connectivity index (χ1) is 24.8. The molecule has 0 atom stereocenters. The molecule has 0 amide bonds. The summed E-state index contributed by atoms with van der Waals surface area (Å²) in [5.74, 6) is 1.98. The Balaban J connectivity index is 1.18. The molecule has 7 aromatic carbocycles. The van der Waals surface area contributed by atoms with Crippen molar-refractivity contribution in [2.45, 2.75) is 0 Å². The number of rotatable bonds is 4. The molecule has 4 nitrogen and oxygen atoms in total. The van der Waals surface area contributed by atoms with Gasteiger partial charge in [-0.15, -0.1) is 11.3 Å². The highest BCUT2D eigenvalue weighted by Crippen LogP contribution is 2.45. The monoisotopic (exact) mass is 654 g/mol. The van der Waals surface area contributed by atoms with Gasteiger partial charge in [0.1, 0.15) is 0 Å². The molecule has 232 valence electrons. The van der Waals surface area contributed by atoms with E-state index in [1.54, 1.807) is 0 Å². The van der Waals surface area contributed by atoms with Crippen LogP contribution in [-0.4, -0.2) is 19.4 Å². The summed E-state index contributed by atoms with van der Waals surface area (Å²) in [5.41, 5.74) is 8.94. The Kier molecular flexibility index (Phi) is 5.80. The summed E-state index contributed by atoms with van der Waals surface area (Å²) in [6.07, 6.45) is 0. The van der Waals surface area contributed by atoms with E-state index in [4.69, 9.17) is 15.0 Å². The first-order valence-electron chi connectivity index (χ1n) is 16.8. The van der Waals surface area contributed by atoms with Gasteiger partial charge in [-0.1, -0.05) is 127 Å². The molecular formula is C45H26N4S. The summed E-state index contributed by atoms with van der Waals surface area (Å²) >= 11 is 1.83. The third-order valence-corrected chi connectivity index (χ3v) is 11.1. The Hall–Kier alpha value is -6.43. The van der Waals surface area contributed by atoms with Crippen LogP contribution in [-0.2, 0) is 0 Å². The molecule has 0 fully saturated rings. The van der Waals surface area contributed by atoms with Gasteiger partial charge in [-0.25, -0.2) is 15.0 Å². The van der Waals surface area contributed by atoms with Crippen LogP contribution < -0.4 is 0 Å². The van der Waals surface area contributed by atoms with Crippen LogP contribution in [0.3, 0.4) is 0 Å². The van der Waals surface area contributed by atoms with E-state index in [-0.39, 0.29) is 0 Å². The van der Waals surface area contributed by atoms with Gasteiger partial charge < -0.3 is 4.40 Å². The molecule has 4 heterocycles. The van der Waals surface area contributed by atoms with Gasteiger partial charge in [-0.3, -0.25) is 0 Å². The van der Waals surface area contributed by atoms with Gasteiger partial charge in [0.05, 0.1) is 16.6 Å². The Morgan fingerprint density at radius 2 is 1.00 bits per heavy atom. The van der Waals surface area contributed by atoms with Crippen molar-refractivity contribution in [3.05, 3.63) is 158 Å². The fourth-order valence-electron chi connectivity index (χ4n) is 7.74. The van der Waals surface area contributed by atoms with Crippen molar-refractivity contribution in [2.24, 2.45) is 0 Å². The number of aromatic nitrogens is 4. The van der Waals surface area contributed by atoms with Crippen molar-refractivity contribution in [2.75, 3.05) is 0 Å². The average Bonchev–Trinajstić information content (AvgIpc) is 3.84. The van der Waals surface area contributed by atoms with E-state index in [1.807, 2.05) is 35.6 Å². The predicted molar refractivity (Wildman–Crippen MR) is 209 cm³/mol. The standard InChI is InChI=1S/C45H26N4S/c1-3-12-27(13-4-1)29-16-9-17-30(24-29)44-46-43(28-14-5-2-6-15-28)47-45(48-44)34-21-11-23-39-41(34)36-25-38-35(26-40(36)50-39)33-20-10-19-32-31-18-7-8-22-37(31)49(38)42(32)33/h1-26H. The normalized spacial score (nSPS) is 12.0. The Labute approximate surface area is 290 Å². The number of para-hydroxylation sites is 2. The topological polar surface area (TPSA) is 43.1 Å². The van der Waals surface area contributed by atoms with Gasteiger partial charge in [0.2, 0.25) is 0 Å². The van der Waals surface area contributed by atoms with Gasteiger partial charge in [-0.2, -0.15) is 0 Å². The Morgan fingerprint density at radius 3 is 1.84 bits per heavy atom. The van der Waals surface area contributed by atoms with Crippen LogP contribution in [0.4, 0.5) is 0 Å². The second-order valence-electron chi connectivity index (χ2n) is 12.8. The van der Waals surface area contributed by atoms with Gasteiger partial charge in [0.25, 0.3) is 0 Å². The number of fused-ring (bicyclic) bond motifs is 9. The molecule has 0 aliphatic carbocycles. The summed E-state index contributed by atoms with van der Waals surface area (Å²) in [5, 5.41) is 7.55. The van der Waals surface area contributed by atoms with E-state index in [9.17, 15) is 0 Å². The highest BCUT2D eigenvalue weighted by Gasteiger charge is 2.21. The van der Waals surface area contributed by atoms with Crippen LogP contribution in [0.2, 0.25) is 0 Å². The number of hydrogen-bond acceptors (Lipinski definition) is 4. The summed E-state index contributed by atoms with van der Waals surface area (Å²) in [7, 11) is 0. The van der Waals surface area contributed by atoms with Gasteiger partial charge in [0.15, 0.2) is 17.5 Å². The zero-order valence-electron chi connectivity index (χ0n) is 26.7. The number of nitrogens with zero attached hydrogens (tertiary/aromatic N) is 4. The van der Waals surface area contributed by atoms with Crippen molar-refractivity contribution in [3.63, 3.8) is 0 Å². The predicted octanol–water partition coefficient (Wildman–Crippen LogP) is 12.1. The molecule has 0 radical (unpaired) electrons.